The van der Waals surface area contributed by atoms with Crippen molar-refractivity contribution in [1.82, 2.24) is 19.4 Å². The molecule has 0 bridgehead atoms. The van der Waals surface area contributed by atoms with Crippen molar-refractivity contribution in [3.8, 4) is 0 Å². The van der Waals surface area contributed by atoms with Crippen LogP contribution in [0.25, 0.3) is 21.9 Å². The van der Waals surface area contributed by atoms with Gasteiger partial charge in [0.1, 0.15) is 11.3 Å². The van der Waals surface area contributed by atoms with Crippen molar-refractivity contribution in [2.75, 3.05) is 19.8 Å². The topological polar surface area (TPSA) is 97.3 Å². The van der Waals surface area contributed by atoms with Gasteiger partial charge in [-0.3, -0.25) is 4.79 Å². The van der Waals surface area contributed by atoms with Gasteiger partial charge in [0.15, 0.2) is 5.82 Å². The number of fused-ring (bicyclic) bond motifs is 3. The molecule has 7 nitrogen and oxygen atoms in total. The molecule has 0 aliphatic heterocycles. The number of benzene rings is 1. The second kappa shape index (κ2) is 7.99. The molecule has 1 amide bonds. The number of pyridine rings is 1. The zero-order valence-electron chi connectivity index (χ0n) is 18.0. The second-order valence-electron chi connectivity index (χ2n) is 8.56. The minimum absolute atomic E-state index is 0.105. The lowest BCUT2D eigenvalue weighted by atomic mass is 10.0. The van der Waals surface area contributed by atoms with E-state index in [1.165, 1.54) is 0 Å². The van der Waals surface area contributed by atoms with Crippen LogP contribution in [0.5, 0.6) is 0 Å². The lowest BCUT2D eigenvalue weighted by Crippen LogP contribution is -2.21. The Morgan fingerprint density at radius 3 is 2.66 bits per heavy atom. The van der Waals surface area contributed by atoms with Gasteiger partial charge in [0.05, 0.1) is 16.6 Å². The summed E-state index contributed by atoms with van der Waals surface area (Å²) in [4.78, 5) is 22.7. The maximum atomic E-state index is 11.9. The van der Waals surface area contributed by atoms with Crippen molar-refractivity contribution in [3.63, 3.8) is 0 Å². The number of anilines is 1. The smallest absolute Gasteiger partial charge is 0.222 e. The van der Waals surface area contributed by atoms with Gasteiger partial charge >= 0.3 is 0 Å². The Balaban J connectivity index is 1.97. The normalized spacial score (nSPS) is 12.1. The Labute approximate surface area is 171 Å². The standard InChI is InChI=1S/C22H31N5O2/c1-14-24-19-20(27(14)12-6-11-22(2,3)29)16-9-7-15(8-10-18(28)26(4)5)13-17(16)25-21(19)23/h7,9,13,29H,6,8,10-12H2,1-5H3,(H2,23,25). The summed E-state index contributed by atoms with van der Waals surface area (Å²) in [5.41, 5.74) is 9.11. The summed E-state index contributed by atoms with van der Waals surface area (Å²) in [5.74, 6) is 1.41. The molecule has 7 heteroatoms. The fourth-order valence-electron chi connectivity index (χ4n) is 3.64. The van der Waals surface area contributed by atoms with Crippen LogP contribution >= 0.6 is 0 Å². The third kappa shape index (κ3) is 4.67. The van der Waals surface area contributed by atoms with Crippen LogP contribution in [0.1, 0.15) is 44.5 Å². The number of nitrogen functional groups attached to an aromatic ring is 1. The molecule has 0 spiro atoms. The van der Waals surface area contributed by atoms with Gasteiger partial charge in [-0.1, -0.05) is 12.1 Å². The lowest BCUT2D eigenvalue weighted by molar-refractivity contribution is -0.128. The predicted octanol–water partition coefficient (Wildman–Crippen LogP) is 3.05. The number of nitrogens with zero attached hydrogens (tertiary/aromatic N) is 4. The minimum atomic E-state index is -0.689. The highest BCUT2D eigenvalue weighted by molar-refractivity contribution is 6.06. The summed E-state index contributed by atoms with van der Waals surface area (Å²) in [6.45, 7) is 6.37. The van der Waals surface area contributed by atoms with E-state index in [1.54, 1.807) is 19.0 Å². The fraction of sp³-hybridized carbons (Fsp3) is 0.500. The summed E-state index contributed by atoms with van der Waals surface area (Å²) in [6, 6.07) is 6.11. The van der Waals surface area contributed by atoms with E-state index in [9.17, 15) is 9.90 Å². The molecule has 3 rings (SSSR count). The number of aliphatic hydroxyl groups is 1. The molecule has 3 N–H and O–H groups in total. The predicted molar refractivity (Wildman–Crippen MR) is 117 cm³/mol. The van der Waals surface area contributed by atoms with Gasteiger partial charge in [-0.2, -0.15) is 0 Å². The van der Waals surface area contributed by atoms with Crippen LogP contribution in [0.15, 0.2) is 18.2 Å². The Kier molecular flexibility index (Phi) is 5.80. The van der Waals surface area contributed by atoms with Crippen molar-refractivity contribution in [3.05, 3.63) is 29.6 Å². The number of aromatic nitrogens is 3. The summed E-state index contributed by atoms with van der Waals surface area (Å²) >= 11 is 0. The Morgan fingerprint density at radius 2 is 2.00 bits per heavy atom. The Bertz CT molecular complexity index is 1050. The van der Waals surface area contributed by atoms with Gasteiger partial charge < -0.3 is 20.3 Å². The van der Waals surface area contributed by atoms with Crippen LogP contribution in [-0.2, 0) is 17.8 Å². The van der Waals surface area contributed by atoms with E-state index in [0.717, 1.165) is 40.8 Å². The van der Waals surface area contributed by atoms with Crippen LogP contribution in [0.4, 0.5) is 5.82 Å². The third-order valence-corrected chi connectivity index (χ3v) is 5.26. The van der Waals surface area contributed by atoms with Crippen LogP contribution in [0.3, 0.4) is 0 Å². The molecule has 0 atom stereocenters. The number of aryl methyl sites for hydroxylation is 3. The first-order chi connectivity index (χ1) is 13.6. The summed E-state index contributed by atoms with van der Waals surface area (Å²) in [7, 11) is 3.53. The minimum Gasteiger partial charge on any atom is -0.390 e. The molecule has 0 saturated heterocycles. The second-order valence-corrected chi connectivity index (χ2v) is 8.56. The molecule has 0 saturated carbocycles. The van der Waals surface area contributed by atoms with Crippen LogP contribution < -0.4 is 5.73 Å². The summed E-state index contributed by atoms with van der Waals surface area (Å²) < 4.78 is 2.16. The van der Waals surface area contributed by atoms with Gasteiger partial charge in [-0.05, 0) is 51.7 Å². The van der Waals surface area contributed by atoms with Crippen molar-refractivity contribution in [1.29, 1.82) is 0 Å². The van der Waals surface area contributed by atoms with E-state index in [2.05, 4.69) is 14.5 Å². The van der Waals surface area contributed by atoms with Gasteiger partial charge in [-0.15, -0.1) is 0 Å². The molecule has 0 aliphatic carbocycles. The highest BCUT2D eigenvalue weighted by Gasteiger charge is 2.17. The molecule has 0 fully saturated rings. The summed E-state index contributed by atoms with van der Waals surface area (Å²) in [6.07, 6.45) is 2.67. The highest BCUT2D eigenvalue weighted by atomic mass is 16.3. The molecular weight excluding hydrogens is 366 g/mol. The molecule has 29 heavy (non-hydrogen) atoms. The SMILES string of the molecule is Cc1nc2c(N)nc3cc(CCC(=O)N(C)C)ccc3c2n1CCCC(C)(C)O. The first kappa shape index (κ1) is 21.0. The first-order valence-corrected chi connectivity index (χ1v) is 10.0. The number of imidazole rings is 1. The van der Waals surface area contributed by atoms with Crippen molar-refractivity contribution in [2.45, 2.75) is 58.6 Å². The first-order valence-electron chi connectivity index (χ1n) is 10.0. The molecule has 3 aromatic rings. The Hall–Kier alpha value is -2.67. The zero-order chi connectivity index (χ0) is 21.3. The molecule has 156 valence electrons. The molecule has 2 heterocycles. The van der Waals surface area contributed by atoms with E-state index < -0.39 is 5.60 Å². The monoisotopic (exact) mass is 397 g/mol. The number of amides is 1. The van der Waals surface area contributed by atoms with Crippen molar-refractivity contribution >= 4 is 33.7 Å². The van der Waals surface area contributed by atoms with Crippen LogP contribution in [0.2, 0.25) is 0 Å². The van der Waals surface area contributed by atoms with Gasteiger partial charge in [-0.25, -0.2) is 9.97 Å². The van der Waals surface area contributed by atoms with E-state index in [0.29, 0.717) is 30.6 Å². The molecule has 0 aliphatic rings. The number of hydrogen-bond acceptors (Lipinski definition) is 5. The largest absolute Gasteiger partial charge is 0.390 e. The lowest BCUT2D eigenvalue weighted by Gasteiger charge is -2.17. The number of carbonyl (C=O) groups is 1. The average Bonchev–Trinajstić information content (AvgIpc) is 2.96. The maximum Gasteiger partial charge on any atom is 0.222 e. The average molecular weight is 398 g/mol. The van der Waals surface area contributed by atoms with Gasteiger partial charge in [0, 0.05) is 32.4 Å². The van der Waals surface area contributed by atoms with E-state index in [-0.39, 0.29) is 5.91 Å². The highest BCUT2D eigenvalue weighted by Crippen LogP contribution is 2.30. The fourth-order valence-corrected chi connectivity index (χ4v) is 3.64. The summed E-state index contributed by atoms with van der Waals surface area (Å²) in [5, 5.41) is 11.0. The number of rotatable bonds is 7. The Morgan fingerprint density at radius 1 is 1.28 bits per heavy atom. The number of nitrogens with two attached hydrogens (primary N) is 1. The molecule has 2 aromatic heterocycles. The zero-order valence-corrected chi connectivity index (χ0v) is 18.0. The van der Waals surface area contributed by atoms with Gasteiger partial charge in [0.25, 0.3) is 0 Å². The maximum absolute atomic E-state index is 11.9. The number of hydrogen-bond donors (Lipinski definition) is 2. The number of carbonyl (C=O) groups excluding carboxylic acids is 1. The van der Waals surface area contributed by atoms with Crippen molar-refractivity contribution < 1.29 is 9.90 Å². The third-order valence-electron chi connectivity index (χ3n) is 5.26. The van der Waals surface area contributed by atoms with E-state index >= 15 is 0 Å². The van der Waals surface area contributed by atoms with E-state index in [1.807, 2.05) is 39.0 Å². The quantitative estimate of drug-likeness (QED) is 0.639. The van der Waals surface area contributed by atoms with Crippen LogP contribution in [0, 0.1) is 6.92 Å². The van der Waals surface area contributed by atoms with E-state index in [4.69, 9.17) is 5.73 Å². The van der Waals surface area contributed by atoms with Crippen LogP contribution in [-0.4, -0.2) is 50.1 Å². The van der Waals surface area contributed by atoms with Crippen molar-refractivity contribution in [2.24, 2.45) is 0 Å². The van der Waals surface area contributed by atoms with Gasteiger partial charge in [0.2, 0.25) is 5.91 Å². The molecule has 0 radical (unpaired) electrons. The molecule has 0 unspecified atom stereocenters. The molecular formula is C22H31N5O2. The molecule has 1 aromatic carbocycles.